The van der Waals surface area contributed by atoms with Gasteiger partial charge >= 0.3 is 0 Å². The van der Waals surface area contributed by atoms with E-state index >= 15 is 0 Å². The summed E-state index contributed by atoms with van der Waals surface area (Å²) in [7, 11) is 0. The molecule has 3 nitrogen and oxygen atoms in total. The molecule has 2 aromatic rings. The average molecular weight is 306 g/mol. The smallest absolute Gasteiger partial charge is 0.115 e. The molecular weight excluding hydrogens is 284 g/mol. The molecule has 1 aliphatic carbocycles. The average Bonchev–Trinajstić information content (AvgIpc) is 2.58. The summed E-state index contributed by atoms with van der Waals surface area (Å²) in [6.45, 7) is 0.496. The minimum atomic E-state index is -0.637. The molecular formula is C20H22N2O. The van der Waals surface area contributed by atoms with E-state index < -0.39 is 5.54 Å². The maximum atomic E-state index is 6.56. The largest absolute Gasteiger partial charge is 0.492 e. The van der Waals surface area contributed by atoms with Crippen LogP contribution in [0.3, 0.4) is 0 Å². The fourth-order valence-corrected chi connectivity index (χ4v) is 2.79. The van der Waals surface area contributed by atoms with Gasteiger partial charge in [0.2, 0.25) is 0 Å². The summed E-state index contributed by atoms with van der Waals surface area (Å²) in [5.41, 5.74) is 14.6. The summed E-state index contributed by atoms with van der Waals surface area (Å²) in [5.74, 6) is 0.731. The summed E-state index contributed by atoms with van der Waals surface area (Å²) in [5, 5.41) is 0. The topological polar surface area (TPSA) is 61.3 Å². The van der Waals surface area contributed by atoms with Gasteiger partial charge in [0.05, 0.1) is 11.6 Å². The second-order valence-electron chi connectivity index (χ2n) is 5.95. The summed E-state index contributed by atoms with van der Waals surface area (Å²) >= 11 is 0. The van der Waals surface area contributed by atoms with E-state index in [2.05, 4.69) is 12.1 Å². The van der Waals surface area contributed by atoms with Crippen molar-refractivity contribution in [3.63, 3.8) is 0 Å². The van der Waals surface area contributed by atoms with Gasteiger partial charge in [-0.2, -0.15) is 0 Å². The Morgan fingerprint density at radius 1 is 0.913 bits per heavy atom. The van der Waals surface area contributed by atoms with Crippen molar-refractivity contribution in [3.05, 3.63) is 95.8 Å². The third-order valence-electron chi connectivity index (χ3n) is 4.15. The predicted molar refractivity (Wildman–Crippen MR) is 93.5 cm³/mol. The molecule has 0 fully saturated rings. The van der Waals surface area contributed by atoms with Gasteiger partial charge in [0.25, 0.3) is 0 Å². The quantitative estimate of drug-likeness (QED) is 0.893. The molecule has 0 saturated heterocycles. The normalized spacial score (nSPS) is 23.4. The van der Waals surface area contributed by atoms with Gasteiger partial charge in [-0.15, -0.1) is 0 Å². The highest BCUT2D eigenvalue weighted by Crippen LogP contribution is 2.25. The zero-order valence-corrected chi connectivity index (χ0v) is 13.1. The summed E-state index contributed by atoms with van der Waals surface area (Å²) < 4.78 is 5.92. The lowest BCUT2D eigenvalue weighted by molar-refractivity contribution is 0.164. The van der Waals surface area contributed by atoms with Crippen LogP contribution in [-0.2, 0) is 17.8 Å². The first-order valence-corrected chi connectivity index (χ1v) is 7.82. The number of ether oxygens (including phenoxy) is 1. The van der Waals surface area contributed by atoms with Crippen molar-refractivity contribution in [2.24, 2.45) is 11.5 Å². The Morgan fingerprint density at radius 3 is 2.17 bits per heavy atom. The standard InChI is InChI=1S/C20H22N2O/c21-19-18(23-15-17-10-5-2-6-11-17)12-7-13-20(19,22)14-16-8-3-1-4-9-16/h1-13,19H,14-15,21-22H2. The Balaban J connectivity index is 1.69. The number of benzene rings is 2. The predicted octanol–water partition coefficient (Wildman–Crippen LogP) is 2.92. The highest BCUT2D eigenvalue weighted by Gasteiger charge is 2.35. The molecule has 0 bridgehead atoms. The molecule has 0 radical (unpaired) electrons. The van der Waals surface area contributed by atoms with Crippen molar-refractivity contribution in [1.82, 2.24) is 0 Å². The fourth-order valence-electron chi connectivity index (χ4n) is 2.79. The van der Waals surface area contributed by atoms with E-state index in [1.54, 1.807) is 0 Å². The lowest BCUT2D eigenvalue weighted by Gasteiger charge is -2.36. The van der Waals surface area contributed by atoms with E-state index in [0.29, 0.717) is 13.0 Å². The Labute approximate surface area is 137 Å². The summed E-state index contributed by atoms with van der Waals surface area (Å²) in [6.07, 6.45) is 6.49. The zero-order chi connectivity index (χ0) is 16.1. The molecule has 0 spiro atoms. The van der Waals surface area contributed by atoms with Crippen molar-refractivity contribution in [2.45, 2.75) is 24.6 Å². The maximum absolute atomic E-state index is 6.56. The van der Waals surface area contributed by atoms with Crippen LogP contribution in [0.1, 0.15) is 11.1 Å². The first kappa shape index (κ1) is 15.5. The van der Waals surface area contributed by atoms with Gasteiger partial charge in [0, 0.05) is 0 Å². The second kappa shape index (κ2) is 6.82. The molecule has 0 saturated carbocycles. The Morgan fingerprint density at radius 2 is 1.52 bits per heavy atom. The molecule has 118 valence electrons. The molecule has 3 rings (SSSR count). The van der Waals surface area contributed by atoms with E-state index in [1.807, 2.05) is 66.8 Å². The van der Waals surface area contributed by atoms with E-state index in [1.165, 1.54) is 5.56 Å². The van der Waals surface area contributed by atoms with Crippen LogP contribution in [0.2, 0.25) is 0 Å². The van der Waals surface area contributed by atoms with E-state index in [4.69, 9.17) is 16.2 Å². The van der Waals surface area contributed by atoms with Gasteiger partial charge in [-0.3, -0.25) is 0 Å². The minimum absolute atomic E-state index is 0.364. The first-order chi connectivity index (χ1) is 11.2. The third kappa shape index (κ3) is 3.70. The molecule has 1 aliphatic rings. The molecule has 3 heteroatoms. The number of allylic oxidation sites excluding steroid dienone is 2. The van der Waals surface area contributed by atoms with Crippen LogP contribution in [0.4, 0.5) is 0 Å². The third-order valence-corrected chi connectivity index (χ3v) is 4.15. The monoisotopic (exact) mass is 306 g/mol. The van der Waals surface area contributed by atoms with Crippen LogP contribution in [0, 0.1) is 0 Å². The minimum Gasteiger partial charge on any atom is -0.492 e. The van der Waals surface area contributed by atoms with Crippen molar-refractivity contribution in [3.8, 4) is 0 Å². The van der Waals surface area contributed by atoms with E-state index in [-0.39, 0.29) is 6.04 Å². The van der Waals surface area contributed by atoms with Crippen molar-refractivity contribution in [1.29, 1.82) is 0 Å². The van der Waals surface area contributed by atoms with Crippen molar-refractivity contribution < 1.29 is 4.74 Å². The molecule has 23 heavy (non-hydrogen) atoms. The van der Waals surface area contributed by atoms with Crippen LogP contribution in [0.15, 0.2) is 84.7 Å². The molecule has 0 aromatic heterocycles. The van der Waals surface area contributed by atoms with Gasteiger partial charge < -0.3 is 16.2 Å². The Kier molecular flexibility index (Phi) is 4.60. The molecule has 2 aromatic carbocycles. The van der Waals surface area contributed by atoms with Crippen LogP contribution in [0.5, 0.6) is 0 Å². The van der Waals surface area contributed by atoms with Crippen LogP contribution < -0.4 is 11.5 Å². The second-order valence-corrected chi connectivity index (χ2v) is 5.95. The summed E-state index contributed by atoms with van der Waals surface area (Å²) in [6, 6.07) is 19.8. The zero-order valence-electron chi connectivity index (χ0n) is 13.1. The first-order valence-electron chi connectivity index (χ1n) is 7.82. The van der Waals surface area contributed by atoms with Crippen LogP contribution in [0.25, 0.3) is 0 Å². The molecule has 2 unspecified atom stereocenters. The summed E-state index contributed by atoms with van der Waals surface area (Å²) in [4.78, 5) is 0. The van der Waals surface area contributed by atoms with Gasteiger partial charge in [0.15, 0.2) is 0 Å². The SMILES string of the molecule is NC1C(OCc2ccccc2)=CC=CC1(N)Cc1ccccc1. The number of rotatable bonds is 5. The van der Waals surface area contributed by atoms with Crippen LogP contribution in [-0.4, -0.2) is 11.6 Å². The van der Waals surface area contributed by atoms with Gasteiger partial charge in [-0.05, 0) is 23.6 Å². The molecule has 2 atom stereocenters. The molecule has 4 N–H and O–H groups in total. The highest BCUT2D eigenvalue weighted by atomic mass is 16.5. The van der Waals surface area contributed by atoms with Gasteiger partial charge in [-0.25, -0.2) is 0 Å². The molecule has 0 amide bonds. The van der Waals surface area contributed by atoms with E-state index in [0.717, 1.165) is 11.3 Å². The van der Waals surface area contributed by atoms with Gasteiger partial charge in [-0.1, -0.05) is 72.8 Å². The van der Waals surface area contributed by atoms with Crippen molar-refractivity contribution >= 4 is 0 Å². The number of nitrogens with two attached hydrogens (primary N) is 2. The fraction of sp³-hybridized carbons (Fsp3) is 0.200. The molecule has 0 aliphatic heterocycles. The number of hydrogen-bond acceptors (Lipinski definition) is 3. The van der Waals surface area contributed by atoms with E-state index in [9.17, 15) is 0 Å². The number of hydrogen-bond donors (Lipinski definition) is 2. The highest BCUT2D eigenvalue weighted by molar-refractivity contribution is 5.33. The molecule has 0 heterocycles. The van der Waals surface area contributed by atoms with Gasteiger partial charge in [0.1, 0.15) is 12.4 Å². The lowest BCUT2D eigenvalue weighted by atomic mass is 9.81. The lowest BCUT2D eigenvalue weighted by Crippen LogP contribution is -2.57. The maximum Gasteiger partial charge on any atom is 0.115 e. The Bertz CT molecular complexity index is 694. The van der Waals surface area contributed by atoms with Crippen molar-refractivity contribution in [2.75, 3.05) is 0 Å². The van der Waals surface area contributed by atoms with Crippen LogP contribution >= 0.6 is 0 Å². The Hall–Kier alpha value is -2.36.